The van der Waals surface area contributed by atoms with Crippen LogP contribution in [0, 0.1) is 18.8 Å². The zero-order chi connectivity index (χ0) is 17.1. The van der Waals surface area contributed by atoms with Crippen molar-refractivity contribution in [3.05, 3.63) is 52.4 Å². The van der Waals surface area contributed by atoms with Crippen molar-refractivity contribution in [1.82, 2.24) is 10.3 Å². The highest BCUT2D eigenvalue weighted by atomic mass is 32.1. The Balaban J connectivity index is 1.55. The zero-order valence-corrected chi connectivity index (χ0v) is 14.0. The van der Waals surface area contributed by atoms with Crippen molar-refractivity contribution in [3.63, 3.8) is 0 Å². The number of nitrogens with one attached hydrogen (secondary N) is 1. The van der Waals surface area contributed by atoms with Crippen LogP contribution in [-0.4, -0.2) is 28.5 Å². The molecule has 124 valence electrons. The Morgan fingerprint density at radius 1 is 1.21 bits per heavy atom. The summed E-state index contributed by atoms with van der Waals surface area (Å²) in [5, 5.41) is 12.7. The average molecular weight is 342 g/mol. The van der Waals surface area contributed by atoms with Crippen molar-refractivity contribution >= 4 is 23.2 Å². The molecule has 5 nitrogen and oxygen atoms in total. The van der Waals surface area contributed by atoms with Gasteiger partial charge in [0, 0.05) is 23.4 Å². The summed E-state index contributed by atoms with van der Waals surface area (Å²) in [6, 6.07) is 10.0. The Morgan fingerprint density at radius 3 is 2.54 bits per heavy atom. The largest absolute Gasteiger partial charge is 0.481 e. The average Bonchev–Trinajstić information content (AvgIpc) is 2.87. The van der Waals surface area contributed by atoms with Crippen LogP contribution in [-0.2, 0) is 16.0 Å². The molecule has 1 heterocycles. The number of amides is 1. The first-order valence-electron chi connectivity index (χ1n) is 7.77. The van der Waals surface area contributed by atoms with Gasteiger partial charge < -0.3 is 10.4 Å². The van der Waals surface area contributed by atoms with Gasteiger partial charge in [0.05, 0.1) is 22.5 Å². The topological polar surface area (TPSA) is 79.3 Å². The van der Waals surface area contributed by atoms with Crippen molar-refractivity contribution in [2.45, 2.75) is 13.3 Å². The smallest absolute Gasteiger partial charge is 0.311 e. The van der Waals surface area contributed by atoms with Gasteiger partial charge in [-0.25, -0.2) is 4.98 Å². The first-order chi connectivity index (χ1) is 11.6. The molecular weight excluding hydrogens is 324 g/mol. The van der Waals surface area contributed by atoms with E-state index in [4.69, 9.17) is 5.11 Å². The molecule has 6 heteroatoms. The summed E-state index contributed by atoms with van der Waals surface area (Å²) < 4.78 is 0. The maximum atomic E-state index is 12.0. The highest BCUT2D eigenvalue weighted by Crippen LogP contribution is 2.28. The van der Waals surface area contributed by atoms with E-state index in [0.29, 0.717) is 13.0 Å². The van der Waals surface area contributed by atoms with Gasteiger partial charge in [0.15, 0.2) is 0 Å². The fraction of sp³-hybridized carbons (Fsp3) is 0.278. The molecule has 1 aromatic heterocycles. The number of hydrogen-bond donors (Lipinski definition) is 2. The Kier molecular flexibility index (Phi) is 4.76. The lowest BCUT2D eigenvalue weighted by Gasteiger charge is -2.24. The highest BCUT2D eigenvalue weighted by molar-refractivity contribution is 7.12. The van der Waals surface area contributed by atoms with E-state index >= 15 is 0 Å². The van der Waals surface area contributed by atoms with E-state index in [-0.39, 0.29) is 5.91 Å². The summed E-state index contributed by atoms with van der Waals surface area (Å²) in [7, 11) is 0. The number of carboxylic acid groups (broad SMARTS) is 1. The second-order valence-electron chi connectivity index (χ2n) is 5.69. The standard InChI is InChI=1S/C18H18N2O3S/c1-11-16(12-5-3-2-4-6-12)20-15(24-11)9-10-19-17(21)13-7-8-14(13)18(22)23/h2-8,13-14H,9-10H2,1H3,(H,19,21)(H,22,23)/t13-,14+/m1/s1. The maximum absolute atomic E-state index is 12.0. The van der Waals surface area contributed by atoms with Crippen molar-refractivity contribution in [2.75, 3.05) is 6.54 Å². The fourth-order valence-electron chi connectivity index (χ4n) is 2.65. The molecule has 0 aliphatic heterocycles. The van der Waals surface area contributed by atoms with Crippen LogP contribution in [0.2, 0.25) is 0 Å². The summed E-state index contributed by atoms with van der Waals surface area (Å²) in [6.45, 7) is 2.50. The van der Waals surface area contributed by atoms with Gasteiger partial charge in [-0.15, -0.1) is 11.3 Å². The van der Waals surface area contributed by atoms with Gasteiger partial charge in [-0.05, 0) is 6.92 Å². The molecule has 1 aliphatic rings. The number of carboxylic acids is 1. The maximum Gasteiger partial charge on any atom is 0.311 e. The fourth-order valence-corrected chi connectivity index (χ4v) is 3.61. The number of carbonyl (C=O) groups excluding carboxylic acids is 1. The Bertz CT molecular complexity index is 783. The molecule has 0 saturated carbocycles. The van der Waals surface area contributed by atoms with Crippen molar-refractivity contribution in [3.8, 4) is 11.3 Å². The third-order valence-corrected chi connectivity index (χ3v) is 5.06. The number of carbonyl (C=O) groups is 2. The first kappa shape index (κ1) is 16.4. The van der Waals surface area contributed by atoms with E-state index in [1.165, 1.54) is 0 Å². The first-order valence-corrected chi connectivity index (χ1v) is 8.58. The second kappa shape index (κ2) is 6.97. The van der Waals surface area contributed by atoms with Crippen LogP contribution in [0.3, 0.4) is 0 Å². The van der Waals surface area contributed by atoms with Gasteiger partial charge >= 0.3 is 5.97 Å². The minimum absolute atomic E-state index is 0.235. The molecule has 24 heavy (non-hydrogen) atoms. The molecular formula is C18H18N2O3S. The Morgan fingerprint density at radius 2 is 1.92 bits per heavy atom. The van der Waals surface area contributed by atoms with Crippen LogP contribution in [0.4, 0.5) is 0 Å². The van der Waals surface area contributed by atoms with Gasteiger partial charge in [0.2, 0.25) is 5.91 Å². The van der Waals surface area contributed by atoms with E-state index in [1.54, 1.807) is 23.5 Å². The van der Waals surface area contributed by atoms with Crippen LogP contribution in [0.5, 0.6) is 0 Å². The van der Waals surface area contributed by atoms with Crippen LogP contribution in [0.15, 0.2) is 42.5 Å². The highest BCUT2D eigenvalue weighted by Gasteiger charge is 2.35. The lowest BCUT2D eigenvalue weighted by atomic mass is 9.81. The molecule has 0 fully saturated rings. The molecule has 2 aromatic rings. The summed E-state index contributed by atoms with van der Waals surface area (Å²) in [5.74, 6) is -2.45. The number of aryl methyl sites for hydroxylation is 1. The predicted octanol–water partition coefficient (Wildman–Crippen LogP) is 2.66. The van der Waals surface area contributed by atoms with Gasteiger partial charge in [-0.3, -0.25) is 9.59 Å². The van der Waals surface area contributed by atoms with Gasteiger partial charge in [-0.1, -0.05) is 42.5 Å². The minimum Gasteiger partial charge on any atom is -0.481 e. The van der Waals surface area contributed by atoms with Crippen LogP contribution < -0.4 is 5.32 Å². The van der Waals surface area contributed by atoms with Gasteiger partial charge in [-0.2, -0.15) is 0 Å². The third kappa shape index (κ3) is 3.38. The molecule has 0 unspecified atom stereocenters. The van der Waals surface area contributed by atoms with Crippen LogP contribution in [0.1, 0.15) is 9.88 Å². The summed E-state index contributed by atoms with van der Waals surface area (Å²) >= 11 is 1.62. The number of aromatic nitrogens is 1. The molecule has 2 atom stereocenters. The van der Waals surface area contributed by atoms with E-state index in [1.807, 2.05) is 37.3 Å². The monoisotopic (exact) mass is 342 g/mol. The van der Waals surface area contributed by atoms with E-state index in [2.05, 4.69) is 10.3 Å². The predicted molar refractivity (Wildman–Crippen MR) is 92.8 cm³/mol. The van der Waals surface area contributed by atoms with Crippen molar-refractivity contribution < 1.29 is 14.7 Å². The van der Waals surface area contributed by atoms with Gasteiger partial charge in [0.25, 0.3) is 0 Å². The quantitative estimate of drug-likeness (QED) is 0.791. The summed E-state index contributed by atoms with van der Waals surface area (Å²) in [5.41, 5.74) is 2.07. The SMILES string of the molecule is Cc1sc(CCNC(=O)[C@@H]2C=C[C@@H]2C(=O)O)nc1-c1ccccc1. The number of thiazole rings is 1. The Labute approximate surface area is 144 Å². The second-order valence-corrected chi connectivity index (χ2v) is 6.98. The normalized spacial score (nSPS) is 18.9. The minimum atomic E-state index is -0.958. The van der Waals surface area contributed by atoms with Gasteiger partial charge in [0.1, 0.15) is 0 Å². The Hall–Kier alpha value is -2.47. The van der Waals surface area contributed by atoms with E-state index in [0.717, 1.165) is 21.1 Å². The molecule has 1 aromatic carbocycles. The molecule has 0 spiro atoms. The molecule has 3 rings (SSSR count). The third-order valence-electron chi connectivity index (χ3n) is 4.03. The number of aliphatic carboxylic acids is 1. The molecule has 0 saturated heterocycles. The number of rotatable bonds is 6. The van der Waals surface area contributed by atoms with E-state index in [9.17, 15) is 9.59 Å². The lowest BCUT2D eigenvalue weighted by Crippen LogP contribution is -2.40. The van der Waals surface area contributed by atoms with Crippen LogP contribution >= 0.6 is 11.3 Å². The van der Waals surface area contributed by atoms with Crippen LogP contribution in [0.25, 0.3) is 11.3 Å². The number of nitrogens with zero attached hydrogens (tertiary/aromatic N) is 1. The molecule has 0 bridgehead atoms. The van der Waals surface area contributed by atoms with Crippen molar-refractivity contribution in [2.24, 2.45) is 11.8 Å². The zero-order valence-electron chi connectivity index (χ0n) is 13.2. The van der Waals surface area contributed by atoms with Crippen molar-refractivity contribution in [1.29, 1.82) is 0 Å². The molecule has 0 radical (unpaired) electrons. The molecule has 2 N–H and O–H groups in total. The number of hydrogen-bond acceptors (Lipinski definition) is 4. The van der Waals surface area contributed by atoms with E-state index < -0.39 is 17.8 Å². The lowest BCUT2D eigenvalue weighted by molar-refractivity contribution is -0.145. The summed E-state index contributed by atoms with van der Waals surface area (Å²) in [4.78, 5) is 28.7. The molecule has 1 aliphatic carbocycles. The number of benzene rings is 1. The summed E-state index contributed by atoms with van der Waals surface area (Å²) in [6.07, 6.45) is 3.82. The molecule has 1 amide bonds.